The number of ether oxygens (including phenoxy) is 1. The van der Waals surface area contributed by atoms with Gasteiger partial charge in [-0.2, -0.15) is 0 Å². The second kappa shape index (κ2) is 5.41. The van der Waals surface area contributed by atoms with Crippen LogP contribution in [0.2, 0.25) is 0 Å². The molecule has 1 aromatic carbocycles. The molecule has 0 radical (unpaired) electrons. The molecule has 1 saturated carbocycles. The van der Waals surface area contributed by atoms with Crippen molar-refractivity contribution in [2.24, 2.45) is 11.1 Å². The number of rotatable bonds is 3. The molecule has 20 heavy (non-hydrogen) atoms. The van der Waals surface area contributed by atoms with E-state index in [1.54, 1.807) is 7.11 Å². The van der Waals surface area contributed by atoms with Crippen LogP contribution >= 0.6 is 0 Å². The third-order valence-corrected chi connectivity index (χ3v) is 4.72. The molecule has 1 aliphatic rings. The molecule has 112 valence electrons. The van der Waals surface area contributed by atoms with Crippen molar-refractivity contribution in [2.75, 3.05) is 7.11 Å². The summed E-state index contributed by atoms with van der Waals surface area (Å²) < 4.78 is 32.6. The van der Waals surface area contributed by atoms with Crippen molar-refractivity contribution in [3.05, 3.63) is 35.4 Å². The number of hydrogen-bond acceptors (Lipinski definition) is 2. The Labute approximate surface area is 119 Å². The lowest BCUT2D eigenvalue weighted by atomic mass is 9.67. The molecule has 1 unspecified atom stereocenters. The molecule has 1 atom stereocenters. The highest BCUT2D eigenvalue weighted by Crippen LogP contribution is 2.46. The average Bonchev–Trinajstić information content (AvgIpc) is 2.39. The Morgan fingerprint density at radius 3 is 2.25 bits per heavy atom. The predicted octanol–water partition coefficient (Wildman–Crippen LogP) is 3.95. The first kappa shape index (κ1) is 15.4. The maximum Gasteiger partial charge on any atom is 0.130 e. The van der Waals surface area contributed by atoms with E-state index in [0.717, 1.165) is 31.7 Å². The van der Waals surface area contributed by atoms with Gasteiger partial charge in [0.1, 0.15) is 11.6 Å². The van der Waals surface area contributed by atoms with Crippen LogP contribution < -0.4 is 5.73 Å². The van der Waals surface area contributed by atoms with Crippen LogP contribution in [-0.2, 0) is 4.74 Å². The zero-order valence-electron chi connectivity index (χ0n) is 12.4. The largest absolute Gasteiger partial charge is 0.376 e. The van der Waals surface area contributed by atoms with E-state index in [1.807, 2.05) is 0 Å². The Bertz CT molecular complexity index is 477. The van der Waals surface area contributed by atoms with Crippen molar-refractivity contribution in [3.8, 4) is 0 Å². The summed E-state index contributed by atoms with van der Waals surface area (Å²) in [5.41, 5.74) is 6.30. The monoisotopic (exact) mass is 283 g/mol. The number of nitrogens with two attached hydrogens (primary N) is 1. The summed E-state index contributed by atoms with van der Waals surface area (Å²) in [7, 11) is 1.62. The van der Waals surface area contributed by atoms with Gasteiger partial charge in [-0.1, -0.05) is 19.9 Å². The van der Waals surface area contributed by atoms with Gasteiger partial charge >= 0.3 is 0 Å². The lowest BCUT2D eigenvalue weighted by Crippen LogP contribution is -2.47. The molecular weight excluding hydrogens is 260 g/mol. The Morgan fingerprint density at radius 1 is 1.15 bits per heavy atom. The van der Waals surface area contributed by atoms with Crippen molar-refractivity contribution >= 4 is 0 Å². The van der Waals surface area contributed by atoms with E-state index >= 15 is 0 Å². The topological polar surface area (TPSA) is 35.2 Å². The van der Waals surface area contributed by atoms with E-state index in [0.29, 0.717) is 5.56 Å². The minimum Gasteiger partial charge on any atom is -0.376 e. The summed E-state index contributed by atoms with van der Waals surface area (Å²) >= 11 is 0. The smallest absolute Gasteiger partial charge is 0.130 e. The molecule has 1 aliphatic carbocycles. The maximum atomic E-state index is 13.9. The van der Waals surface area contributed by atoms with Gasteiger partial charge in [0.15, 0.2) is 0 Å². The average molecular weight is 283 g/mol. The van der Waals surface area contributed by atoms with Gasteiger partial charge in [-0.3, -0.25) is 0 Å². The number of halogens is 2. The summed E-state index contributed by atoms with van der Waals surface area (Å²) in [4.78, 5) is 0. The van der Waals surface area contributed by atoms with E-state index in [-0.39, 0.29) is 5.41 Å². The normalized spacial score (nSPS) is 22.5. The van der Waals surface area contributed by atoms with Crippen LogP contribution in [0.4, 0.5) is 8.78 Å². The molecule has 4 heteroatoms. The number of hydrogen-bond donors (Lipinski definition) is 1. The summed E-state index contributed by atoms with van der Waals surface area (Å²) in [5, 5.41) is 0. The van der Waals surface area contributed by atoms with Gasteiger partial charge in [0, 0.05) is 18.7 Å². The lowest BCUT2D eigenvalue weighted by Gasteiger charge is -2.46. The summed E-state index contributed by atoms with van der Waals surface area (Å²) in [5.74, 6) is -1.19. The SMILES string of the molecule is COC1(C(N)c2ccc(F)cc2F)CCC(C)(C)CC1. The molecule has 2 N–H and O–H groups in total. The molecule has 0 spiro atoms. The second-order valence-electron chi connectivity index (χ2n) is 6.58. The molecule has 0 saturated heterocycles. The second-order valence-corrected chi connectivity index (χ2v) is 6.58. The lowest BCUT2D eigenvalue weighted by molar-refractivity contribution is -0.0800. The molecule has 1 fully saturated rings. The first-order valence-electron chi connectivity index (χ1n) is 7.05. The Balaban J connectivity index is 2.27. The maximum absolute atomic E-state index is 13.9. The fraction of sp³-hybridized carbons (Fsp3) is 0.625. The Kier molecular flexibility index (Phi) is 4.17. The first-order chi connectivity index (χ1) is 9.30. The molecule has 0 heterocycles. The van der Waals surface area contributed by atoms with Gasteiger partial charge in [-0.25, -0.2) is 8.78 Å². The van der Waals surface area contributed by atoms with Gasteiger partial charge in [0.2, 0.25) is 0 Å². The van der Waals surface area contributed by atoms with Crippen LogP contribution in [0.15, 0.2) is 18.2 Å². The zero-order valence-corrected chi connectivity index (χ0v) is 12.4. The first-order valence-corrected chi connectivity index (χ1v) is 7.05. The molecule has 0 aromatic heterocycles. The fourth-order valence-corrected chi connectivity index (χ4v) is 3.03. The Morgan fingerprint density at radius 2 is 1.75 bits per heavy atom. The van der Waals surface area contributed by atoms with Gasteiger partial charge in [0.25, 0.3) is 0 Å². The number of methoxy groups -OCH3 is 1. The highest BCUT2D eigenvalue weighted by Gasteiger charge is 2.44. The van der Waals surface area contributed by atoms with Crippen molar-refractivity contribution in [2.45, 2.75) is 51.2 Å². The Hall–Kier alpha value is -1.00. The van der Waals surface area contributed by atoms with E-state index < -0.39 is 23.3 Å². The highest BCUT2D eigenvalue weighted by molar-refractivity contribution is 5.25. The molecule has 0 aliphatic heterocycles. The summed E-state index contributed by atoms with van der Waals surface area (Å²) in [6, 6.07) is 2.97. The van der Waals surface area contributed by atoms with Crippen LogP contribution in [0.3, 0.4) is 0 Å². The molecule has 0 amide bonds. The molecule has 0 bridgehead atoms. The van der Waals surface area contributed by atoms with E-state index in [9.17, 15) is 8.78 Å². The van der Waals surface area contributed by atoms with Crippen molar-refractivity contribution in [1.29, 1.82) is 0 Å². The van der Waals surface area contributed by atoms with Crippen molar-refractivity contribution < 1.29 is 13.5 Å². The van der Waals surface area contributed by atoms with E-state index in [4.69, 9.17) is 10.5 Å². The van der Waals surface area contributed by atoms with Crippen molar-refractivity contribution in [1.82, 2.24) is 0 Å². The standard InChI is InChI=1S/C16H23F2NO/c1-15(2)6-8-16(20-3,9-7-15)14(19)12-5-4-11(17)10-13(12)18/h4-5,10,14H,6-9,19H2,1-3H3. The molecule has 2 rings (SSSR count). The molecule has 1 aromatic rings. The fourth-order valence-electron chi connectivity index (χ4n) is 3.03. The van der Waals surface area contributed by atoms with E-state index in [2.05, 4.69) is 13.8 Å². The third-order valence-electron chi connectivity index (χ3n) is 4.72. The van der Waals surface area contributed by atoms with Crippen LogP contribution in [-0.4, -0.2) is 12.7 Å². The number of benzene rings is 1. The van der Waals surface area contributed by atoms with E-state index in [1.165, 1.54) is 12.1 Å². The van der Waals surface area contributed by atoms with Gasteiger partial charge in [0.05, 0.1) is 11.6 Å². The molecule has 2 nitrogen and oxygen atoms in total. The minimum absolute atomic E-state index is 0.267. The van der Waals surface area contributed by atoms with Crippen molar-refractivity contribution in [3.63, 3.8) is 0 Å². The third kappa shape index (κ3) is 2.86. The minimum atomic E-state index is -0.598. The van der Waals surface area contributed by atoms with Gasteiger partial charge in [-0.05, 0) is 37.2 Å². The van der Waals surface area contributed by atoms with Gasteiger partial charge < -0.3 is 10.5 Å². The summed E-state index contributed by atoms with van der Waals surface area (Å²) in [6.45, 7) is 4.44. The van der Waals surface area contributed by atoms with Crippen LogP contribution in [0.25, 0.3) is 0 Å². The van der Waals surface area contributed by atoms with Crippen LogP contribution in [0.5, 0.6) is 0 Å². The predicted molar refractivity (Wildman–Crippen MR) is 75.3 cm³/mol. The van der Waals surface area contributed by atoms with Gasteiger partial charge in [-0.15, -0.1) is 0 Å². The highest BCUT2D eigenvalue weighted by atomic mass is 19.1. The van der Waals surface area contributed by atoms with Crippen LogP contribution in [0.1, 0.15) is 51.1 Å². The molecular formula is C16H23F2NO. The quantitative estimate of drug-likeness (QED) is 0.911. The summed E-state index contributed by atoms with van der Waals surface area (Å²) in [6.07, 6.45) is 3.54. The van der Waals surface area contributed by atoms with Crippen LogP contribution in [0, 0.1) is 17.0 Å². The zero-order chi connectivity index (χ0) is 15.0.